The molecule has 17 aromatic carbocycles. The Morgan fingerprint density at radius 2 is 0.422 bits per heavy atom. The third kappa shape index (κ3) is 37.9. The maximum absolute atomic E-state index is 14.6. The molecule has 0 N–H and O–H groups in total. The number of nitrogens with zero attached hydrogens (tertiary/aromatic N) is 2. The molecule has 0 aliphatic heterocycles. The fourth-order valence-corrected chi connectivity index (χ4v) is 13.6. The van der Waals surface area contributed by atoms with E-state index in [4.69, 9.17) is 33.2 Å². The largest absolute Gasteiger partial charge is 0.423 e. The van der Waals surface area contributed by atoms with Gasteiger partial charge in [0.2, 0.25) is 0 Å². The average molecular weight is 2400 g/mol. The van der Waals surface area contributed by atoms with E-state index in [-0.39, 0.29) is 80.0 Å². The van der Waals surface area contributed by atoms with Crippen LogP contribution in [0.2, 0.25) is 0 Å². The monoisotopic (exact) mass is 2390 g/mol. The zero-order valence-corrected chi connectivity index (χ0v) is 92.4. The van der Waals surface area contributed by atoms with Crippen molar-refractivity contribution in [2.24, 2.45) is 10.2 Å². The Hall–Kier alpha value is -16.1. The molecule has 0 aromatic heterocycles. The molecule has 0 bridgehead atoms. The fraction of sp³-hybridized carbons (Fsp3) is 0.102. The normalized spacial score (nSPS) is 10.5. The van der Waals surface area contributed by atoms with Crippen molar-refractivity contribution in [2.75, 3.05) is 0 Å². The molecule has 732 valence electrons. The van der Waals surface area contributed by atoms with E-state index in [9.17, 15) is 38.0 Å². The van der Waals surface area contributed by atoms with Crippen molar-refractivity contribution in [1.82, 2.24) is 0 Å². The first-order valence-corrected chi connectivity index (χ1v) is 46.9. The number of hydrogen-bond acceptors (Lipinski definition) is 16. The summed E-state index contributed by atoms with van der Waals surface area (Å²) in [6.07, 6.45) is 9.56. The summed E-state index contributed by atoms with van der Waals surface area (Å²) in [4.78, 5) is 84.5. The van der Waals surface area contributed by atoms with Gasteiger partial charge in [0, 0.05) is 79.9 Å². The number of halogens is 1. The summed E-state index contributed by atoms with van der Waals surface area (Å²) in [6, 6.07) is 123. The zero-order valence-electron chi connectivity index (χ0n) is 84.1. The van der Waals surface area contributed by atoms with E-state index in [1.165, 1.54) is 46.0 Å². The predicted molar refractivity (Wildman–Crippen MR) is 577 cm³/mol. The van der Waals surface area contributed by atoms with E-state index in [1.807, 2.05) is 220 Å². The second-order valence-electron chi connectivity index (χ2n) is 34.6. The molecule has 0 radical (unpaired) electrons. The number of aryl methyl sites for hydroxylation is 13. The molecule has 0 saturated heterocycles. The molecule has 0 saturated carbocycles. The Balaban J connectivity index is 0.000000182. The minimum Gasteiger partial charge on any atom is -0.423 e. The maximum Gasteiger partial charge on any atom is 0.343 e. The van der Waals surface area contributed by atoms with Crippen LogP contribution in [0.15, 0.2) is 423 Å². The average Bonchev–Trinajstić information content (AvgIpc) is 0.916. The fourth-order valence-electron chi connectivity index (χ4n) is 13.6. The molecule has 0 heterocycles. The first-order chi connectivity index (χ1) is 69.9. The van der Waals surface area contributed by atoms with Gasteiger partial charge in [0.05, 0.1) is 40.2 Å². The molecular formula is C128H111FN2O14U2. The molecule has 0 aliphatic rings. The van der Waals surface area contributed by atoms with Crippen molar-refractivity contribution in [3.63, 3.8) is 0 Å². The molecule has 0 aliphatic carbocycles. The first-order valence-electron chi connectivity index (χ1n) is 46.9. The van der Waals surface area contributed by atoms with E-state index in [0.29, 0.717) is 84.8 Å². The van der Waals surface area contributed by atoms with Gasteiger partial charge < -0.3 is 33.2 Å². The molecule has 147 heavy (non-hydrogen) atoms. The van der Waals surface area contributed by atoms with Crippen LogP contribution in [0, 0.1) is 158 Å². The Kier molecular flexibility index (Phi) is 44.1. The number of benzene rings is 17. The Morgan fingerprint density at radius 3 is 0.721 bits per heavy atom. The number of hydrogen-bond donors (Lipinski definition) is 0. The zero-order chi connectivity index (χ0) is 103. The first kappa shape index (κ1) is 113. The van der Waals surface area contributed by atoms with Gasteiger partial charge in [-0.25, -0.2) is 38.0 Å². The minimum absolute atomic E-state index is 0. The smallest absolute Gasteiger partial charge is 0.343 e. The van der Waals surface area contributed by atoms with E-state index in [2.05, 4.69) is 116 Å². The van der Waals surface area contributed by atoms with Crippen molar-refractivity contribution in [3.05, 3.63) is 541 Å². The van der Waals surface area contributed by atoms with Gasteiger partial charge in [-0.05, 0) is 303 Å². The summed E-state index contributed by atoms with van der Waals surface area (Å²) >= 11 is 0. The minimum atomic E-state index is -0.517. The van der Waals surface area contributed by atoms with Gasteiger partial charge in [0.1, 0.15) is 46.1 Å². The molecule has 0 unspecified atom stereocenters. The van der Waals surface area contributed by atoms with Crippen LogP contribution in [-0.4, -0.2) is 54.2 Å². The number of rotatable bonds is 22. The summed E-state index contributed by atoms with van der Waals surface area (Å²) in [6.45, 7) is 25.8. The Morgan fingerprint density at radius 1 is 0.211 bits per heavy atom. The molecule has 16 nitrogen and oxygen atoms in total. The quantitative estimate of drug-likeness (QED) is 0.0203. The van der Waals surface area contributed by atoms with Crippen LogP contribution >= 0.6 is 0 Å². The third-order valence-corrected chi connectivity index (χ3v) is 22.3. The van der Waals surface area contributed by atoms with Crippen LogP contribution in [-0.2, 0) is 9.59 Å². The Labute approximate surface area is 906 Å². The van der Waals surface area contributed by atoms with Crippen LogP contribution in [0.3, 0.4) is 0 Å². The summed E-state index contributed by atoms with van der Waals surface area (Å²) in [7, 11) is 0. The van der Waals surface area contributed by atoms with Crippen molar-refractivity contribution < 1.29 is 133 Å². The molecule has 17 rings (SSSR count). The van der Waals surface area contributed by atoms with Crippen LogP contribution < -0.4 is 33.2 Å². The van der Waals surface area contributed by atoms with Crippen molar-refractivity contribution in [1.29, 1.82) is 0 Å². The van der Waals surface area contributed by atoms with Gasteiger partial charge >= 0.3 is 41.8 Å². The molecule has 0 fully saturated rings. The van der Waals surface area contributed by atoms with Gasteiger partial charge in [0.15, 0.2) is 0 Å². The van der Waals surface area contributed by atoms with Crippen LogP contribution in [0.4, 0.5) is 4.39 Å². The summed E-state index contributed by atoms with van der Waals surface area (Å²) in [5.41, 5.74) is 26.4. The van der Waals surface area contributed by atoms with Crippen LogP contribution in [0.25, 0.3) is 45.5 Å². The van der Waals surface area contributed by atoms with Gasteiger partial charge in [-0.3, -0.25) is 0 Å². The number of ether oxygens (including phenoxy) is 7. The molecule has 17 aromatic rings. The third-order valence-electron chi connectivity index (χ3n) is 22.3. The van der Waals surface area contributed by atoms with Crippen LogP contribution in [0.1, 0.15) is 146 Å². The van der Waals surface area contributed by atoms with E-state index in [0.717, 1.165) is 83.5 Å². The molecular weight excluding hydrogens is 2280 g/mol. The molecule has 0 atom stereocenters. The Bertz CT molecular complexity index is 7220. The van der Waals surface area contributed by atoms with Crippen molar-refractivity contribution in [2.45, 2.75) is 90.0 Å². The summed E-state index contributed by atoms with van der Waals surface area (Å²) in [5.74, 6) is -0.134. The van der Waals surface area contributed by atoms with Gasteiger partial charge in [-0.2, -0.15) is 10.2 Å². The maximum atomic E-state index is 14.6. The van der Waals surface area contributed by atoms with E-state index >= 15 is 0 Å². The SMILES string of the molecule is Cc1ccc(-c2ccc(OC(=O)/C=C/c3ccc(-c4ccc(C)cc4)c(F)c3)cc2)cc1.Cc1ccc(/C=N/N=C/c2ccc(C)cc2)cc1.Cc1ccc(C(=O)Oc2ccc(OC(=O)c3ccc(C)cc3)c(C)c2)cc1.Cc1ccc(C(=O)Oc2ccc(OC(=O)c3ccc(C)cc3)cc2)cc1.Cc1ccc(OC(=O)/C=C/c2ccc(-c3ccc(C)cc3)cc2)cc1.Cc1ccc(OC(=O)c2ccc(C)cc2)cc1.[U].[U]. The molecule has 0 spiro atoms. The predicted octanol–water partition coefficient (Wildman–Crippen LogP) is 30.1. The van der Waals surface area contributed by atoms with E-state index in [1.54, 1.807) is 183 Å². The second-order valence-corrected chi connectivity index (χ2v) is 34.6. The molecule has 0 amide bonds. The van der Waals surface area contributed by atoms with Crippen molar-refractivity contribution >= 4 is 66.4 Å². The van der Waals surface area contributed by atoms with Gasteiger partial charge in [-0.1, -0.05) is 322 Å². The standard InChI is InChI=1S/C29H23FO2.C23H20O4.C23H20O2.C22H18O4.C16H16N2.C15H14O2.2U/c1-20-3-9-23(10-4-20)24-13-15-26(16-14-24)32-29(31)18-8-22-7-17-27(28(30)19-22)25-11-5-21(2)6-12-25;1-15-4-8-18(9-5-15)22(24)26-20-12-13-21(17(3)14-20)27-23(25)19-10-6-16(2)7-11-19;1-17-3-10-20(11-4-17)21-12-7-19(8-13-21)9-16-23(24)25-22-14-5-18(2)6-15-22;1-15-3-7-17(8-4-15)21(23)25-19-11-13-20(14-12-19)26-22(24)18-9-5-16(2)6-10-18;1-13-3-7-15(8-4-13)11-17-18-12-16-9-5-14(2)6-10-16;1-11-3-7-13(8-4-11)15(16)17-14-9-5-12(2)6-10-14;;/h3-19H,1-2H3;4-14H,1-3H3;3-16H,1-2H3;3-14H,1-2H3;3-12H,1-2H3;3-10H,1-2H3;;/b18-8+;;16-9+;;17-11+,18-12+;;;. The summed E-state index contributed by atoms with van der Waals surface area (Å²) in [5, 5.41) is 8.07. The number of carbonyl (C=O) groups excluding carboxylic acids is 7. The molecule has 19 heteroatoms. The number of carbonyl (C=O) groups is 7. The van der Waals surface area contributed by atoms with E-state index < -0.39 is 29.8 Å². The number of esters is 7. The van der Waals surface area contributed by atoms with Crippen LogP contribution in [0.5, 0.6) is 40.2 Å². The van der Waals surface area contributed by atoms with Gasteiger partial charge in [-0.15, -0.1) is 0 Å². The topological polar surface area (TPSA) is 209 Å². The van der Waals surface area contributed by atoms with Crippen molar-refractivity contribution in [3.8, 4) is 73.6 Å². The van der Waals surface area contributed by atoms with Gasteiger partial charge in [0.25, 0.3) is 0 Å². The second kappa shape index (κ2) is 57.4. The summed E-state index contributed by atoms with van der Waals surface area (Å²) < 4.78 is 51.9.